The van der Waals surface area contributed by atoms with Crippen LogP contribution in [0.25, 0.3) is 0 Å². The van der Waals surface area contributed by atoms with Gasteiger partial charge in [-0.15, -0.1) is 0 Å². The molecule has 0 bridgehead atoms. The largest absolute Gasteiger partial charge is 0.337 e. The summed E-state index contributed by atoms with van der Waals surface area (Å²) in [5, 5.41) is 0. The number of hydrogen-bond acceptors (Lipinski definition) is 2. The lowest BCUT2D eigenvalue weighted by Gasteiger charge is -2.26. The van der Waals surface area contributed by atoms with E-state index in [1.165, 1.54) is 37.8 Å². The van der Waals surface area contributed by atoms with Crippen molar-refractivity contribution in [2.75, 3.05) is 0 Å². The molecule has 0 unspecified atom stereocenters. The highest BCUT2D eigenvalue weighted by Crippen LogP contribution is 2.36. The van der Waals surface area contributed by atoms with Gasteiger partial charge in [-0.2, -0.15) is 4.73 Å². The second-order valence-electron chi connectivity index (χ2n) is 5.28. The molecule has 3 heteroatoms. The molecule has 2 saturated carbocycles. The van der Waals surface area contributed by atoms with Gasteiger partial charge in [0.2, 0.25) is 0 Å². The topological polar surface area (TPSA) is 31.2 Å². The molecule has 2 aliphatic carbocycles. The molecule has 0 spiro atoms. The molecule has 2 fully saturated rings. The Balaban J connectivity index is 1.67. The van der Waals surface area contributed by atoms with Crippen molar-refractivity contribution in [1.82, 2.24) is 4.73 Å². The predicted octanol–water partition coefficient (Wildman–Crippen LogP) is 2.90. The molecule has 17 heavy (non-hydrogen) atoms. The van der Waals surface area contributed by atoms with Gasteiger partial charge < -0.3 is 4.84 Å². The van der Waals surface area contributed by atoms with E-state index in [0.717, 1.165) is 12.8 Å². The summed E-state index contributed by atoms with van der Waals surface area (Å²) < 4.78 is 1.70. The van der Waals surface area contributed by atoms with Crippen molar-refractivity contribution in [3.05, 3.63) is 24.0 Å². The van der Waals surface area contributed by atoms with Crippen LogP contribution in [0.5, 0.6) is 0 Å². The molecular weight excluding hydrogens is 214 g/mol. The Morgan fingerprint density at radius 2 is 1.94 bits per heavy atom. The second kappa shape index (κ2) is 4.55. The zero-order valence-electron chi connectivity index (χ0n) is 10.1. The van der Waals surface area contributed by atoms with Crippen molar-refractivity contribution in [1.29, 1.82) is 0 Å². The molecule has 0 radical (unpaired) electrons. The third-order valence-corrected chi connectivity index (χ3v) is 4.14. The summed E-state index contributed by atoms with van der Waals surface area (Å²) in [6.45, 7) is 0. The van der Waals surface area contributed by atoms with Gasteiger partial charge in [0, 0.05) is 12.1 Å². The van der Waals surface area contributed by atoms with Crippen molar-refractivity contribution >= 4 is 5.97 Å². The number of carbonyl (C=O) groups is 1. The standard InChI is InChI=1S/C14H19NO2/c16-14(12-5-1-2-6-12)17-15-10-4-9-13(15)11-7-3-8-11/h4,9-12H,1-3,5-8H2. The summed E-state index contributed by atoms with van der Waals surface area (Å²) in [7, 11) is 0. The van der Waals surface area contributed by atoms with E-state index < -0.39 is 0 Å². The Morgan fingerprint density at radius 3 is 2.59 bits per heavy atom. The minimum absolute atomic E-state index is 0.0423. The third-order valence-electron chi connectivity index (χ3n) is 4.14. The minimum Gasteiger partial charge on any atom is -0.337 e. The molecule has 3 rings (SSSR count). The van der Waals surface area contributed by atoms with Gasteiger partial charge in [-0.25, -0.2) is 4.79 Å². The van der Waals surface area contributed by atoms with Crippen LogP contribution in [0, 0.1) is 5.92 Å². The van der Waals surface area contributed by atoms with Gasteiger partial charge in [-0.1, -0.05) is 19.3 Å². The smallest absolute Gasteiger partial charge is 0.335 e. The minimum atomic E-state index is -0.0423. The van der Waals surface area contributed by atoms with Gasteiger partial charge in [0.1, 0.15) is 0 Å². The van der Waals surface area contributed by atoms with Crippen molar-refractivity contribution in [3.8, 4) is 0 Å². The first-order valence-corrected chi connectivity index (χ1v) is 6.74. The molecule has 3 nitrogen and oxygen atoms in total. The normalized spacial score (nSPS) is 21.4. The Kier molecular flexibility index (Phi) is 2.91. The fraction of sp³-hybridized carbons (Fsp3) is 0.643. The molecule has 2 aliphatic rings. The summed E-state index contributed by atoms with van der Waals surface area (Å²) in [5.74, 6) is 0.687. The summed E-state index contributed by atoms with van der Waals surface area (Å²) in [4.78, 5) is 17.5. The van der Waals surface area contributed by atoms with Crippen molar-refractivity contribution in [2.24, 2.45) is 5.92 Å². The van der Waals surface area contributed by atoms with Crippen molar-refractivity contribution in [2.45, 2.75) is 50.9 Å². The van der Waals surface area contributed by atoms with Gasteiger partial charge >= 0.3 is 5.97 Å². The fourth-order valence-corrected chi connectivity index (χ4v) is 2.82. The molecule has 0 aromatic carbocycles. The first-order valence-electron chi connectivity index (χ1n) is 6.74. The van der Waals surface area contributed by atoms with Crippen LogP contribution in [0.1, 0.15) is 56.6 Å². The lowest BCUT2D eigenvalue weighted by molar-refractivity contribution is -0.149. The first kappa shape index (κ1) is 10.9. The zero-order valence-corrected chi connectivity index (χ0v) is 10.1. The van der Waals surface area contributed by atoms with Crippen LogP contribution in [-0.4, -0.2) is 10.7 Å². The quantitative estimate of drug-likeness (QED) is 0.803. The van der Waals surface area contributed by atoms with E-state index in [0.29, 0.717) is 5.92 Å². The molecule has 1 heterocycles. The van der Waals surface area contributed by atoms with Gasteiger partial charge in [-0.05, 0) is 37.8 Å². The highest BCUT2D eigenvalue weighted by atomic mass is 16.7. The molecule has 0 aliphatic heterocycles. The summed E-state index contributed by atoms with van der Waals surface area (Å²) in [5.41, 5.74) is 1.17. The molecular formula is C14H19NO2. The van der Waals surface area contributed by atoms with Crippen LogP contribution >= 0.6 is 0 Å². The number of hydrogen-bond donors (Lipinski definition) is 0. The third kappa shape index (κ3) is 2.11. The van der Waals surface area contributed by atoms with E-state index in [1.54, 1.807) is 4.73 Å². The first-order chi connectivity index (χ1) is 8.34. The lowest BCUT2D eigenvalue weighted by Crippen LogP contribution is -2.28. The van der Waals surface area contributed by atoms with Gasteiger partial charge in [-0.3, -0.25) is 0 Å². The average molecular weight is 233 g/mol. The van der Waals surface area contributed by atoms with Crippen LogP contribution < -0.4 is 4.84 Å². The Bertz CT molecular complexity index is 400. The Labute approximate surface area is 102 Å². The zero-order chi connectivity index (χ0) is 11.7. The molecule has 0 saturated heterocycles. The summed E-state index contributed by atoms with van der Waals surface area (Å²) in [6.07, 6.45) is 9.95. The predicted molar refractivity (Wildman–Crippen MR) is 64.6 cm³/mol. The van der Waals surface area contributed by atoms with E-state index in [2.05, 4.69) is 6.07 Å². The van der Waals surface area contributed by atoms with Crippen LogP contribution in [0.15, 0.2) is 18.3 Å². The molecule has 0 atom stereocenters. The Hall–Kier alpha value is -1.25. The molecule has 1 aromatic heterocycles. The molecule has 0 amide bonds. The SMILES string of the molecule is O=C(On1cccc1C1CCC1)C1CCCC1. The van der Waals surface area contributed by atoms with E-state index in [4.69, 9.17) is 4.84 Å². The summed E-state index contributed by atoms with van der Waals surface area (Å²) in [6, 6.07) is 4.04. The van der Waals surface area contributed by atoms with E-state index >= 15 is 0 Å². The van der Waals surface area contributed by atoms with E-state index in [-0.39, 0.29) is 11.9 Å². The van der Waals surface area contributed by atoms with Crippen molar-refractivity contribution in [3.63, 3.8) is 0 Å². The maximum absolute atomic E-state index is 12.0. The number of aromatic nitrogens is 1. The van der Waals surface area contributed by atoms with Crippen LogP contribution in [0.2, 0.25) is 0 Å². The number of carbonyl (C=O) groups excluding carboxylic acids is 1. The molecule has 0 N–H and O–H groups in total. The van der Waals surface area contributed by atoms with Crippen LogP contribution in [-0.2, 0) is 4.79 Å². The van der Waals surface area contributed by atoms with E-state index in [1.807, 2.05) is 12.3 Å². The maximum atomic E-state index is 12.0. The number of rotatable bonds is 3. The lowest BCUT2D eigenvalue weighted by atomic mass is 9.83. The highest BCUT2D eigenvalue weighted by molar-refractivity contribution is 5.73. The van der Waals surface area contributed by atoms with Gasteiger partial charge in [0.15, 0.2) is 0 Å². The van der Waals surface area contributed by atoms with E-state index in [9.17, 15) is 4.79 Å². The fourth-order valence-electron chi connectivity index (χ4n) is 2.82. The van der Waals surface area contributed by atoms with Gasteiger partial charge in [0.05, 0.1) is 11.6 Å². The average Bonchev–Trinajstić information content (AvgIpc) is 2.86. The molecule has 92 valence electrons. The Morgan fingerprint density at radius 1 is 1.18 bits per heavy atom. The second-order valence-corrected chi connectivity index (χ2v) is 5.28. The monoisotopic (exact) mass is 233 g/mol. The van der Waals surface area contributed by atoms with Crippen LogP contribution in [0.4, 0.5) is 0 Å². The maximum Gasteiger partial charge on any atom is 0.335 e. The number of nitrogens with zero attached hydrogens (tertiary/aromatic N) is 1. The summed E-state index contributed by atoms with van der Waals surface area (Å²) >= 11 is 0. The molecule has 1 aromatic rings. The van der Waals surface area contributed by atoms with Crippen LogP contribution in [0.3, 0.4) is 0 Å². The van der Waals surface area contributed by atoms with Gasteiger partial charge in [0.25, 0.3) is 0 Å². The van der Waals surface area contributed by atoms with Crippen molar-refractivity contribution < 1.29 is 9.63 Å². The highest BCUT2D eigenvalue weighted by Gasteiger charge is 2.27.